The second-order valence-electron chi connectivity index (χ2n) is 5.83. The number of benzene rings is 1. The third-order valence-electron chi connectivity index (χ3n) is 2.88. The lowest BCUT2D eigenvalue weighted by atomic mass is 9.93. The lowest BCUT2D eigenvalue weighted by Crippen LogP contribution is -2.12. The molecule has 2 nitrogen and oxygen atoms in total. The van der Waals surface area contributed by atoms with Gasteiger partial charge in [0.1, 0.15) is 10.8 Å². The van der Waals surface area contributed by atoms with Crippen molar-refractivity contribution in [2.75, 3.05) is 5.75 Å². The van der Waals surface area contributed by atoms with Gasteiger partial charge in [-0.05, 0) is 24.3 Å². The molecule has 0 saturated carbocycles. The fourth-order valence-electron chi connectivity index (χ4n) is 1.65. The van der Waals surface area contributed by atoms with E-state index in [9.17, 15) is 4.79 Å². The van der Waals surface area contributed by atoms with Gasteiger partial charge in [-0.3, -0.25) is 4.79 Å². The Labute approximate surface area is 142 Å². The first-order chi connectivity index (χ1) is 9.84. The highest BCUT2D eigenvalue weighted by molar-refractivity contribution is 9.10. The number of rotatable bonds is 5. The van der Waals surface area contributed by atoms with E-state index >= 15 is 0 Å². The van der Waals surface area contributed by atoms with E-state index in [1.54, 1.807) is 23.1 Å². The van der Waals surface area contributed by atoms with Crippen molar-refractivity contribution in [3.63, 3.8) is 0 Å². The largest absolute Gasteiger partial charge is 0.298 e. The third kappa shape index (κ3) is 5.24. The summed E-state index contributed by atoms with van der Waals surface area (Å²) < 4.78 is 1.05. The maximum absolute atomic E-state index is 12.0. The lowest BCUT2D eigenvalue weighted by molar-refractivity contribution is -0.116. The van der Waals surface area contributed by atoms with Crippen LogP contribution >= 0.6 is 39.0 Å². The zero-order chi connectivity index (χ0) is 15.5. The first-order valence-electron chi connectivity index (χ1n) is 6.69. The van der Waals surface area contributed by atoms with E-state index < -0.39 is 0 Å². The highest BCUT2D eigenvalue weighted by Crippen LogP contribution is 2.25. The van der Waals surface area contributed by atoms with Crippen LogP contribution in [0.15, 0.2) is 39.0 Å². The van der Waals surface area contributed by atoms with Crippen molar-refractivity contribution in [3.8, 4) is 0 Å². The zero-order valence-electron chi connectivity index (χ0n) is 12.4. The number of aromatic nitrogens is 1. The molecule has 2 rings (SSSR count). The van der Waals surface area contributed by atoms with Crippen LogP contribution in [0.4, 0.5) is 0 Å². The van der Waals surface area contributed by atoms with E-state index in [0.717, 1.165) is 20.1 Å². The lowest BCUT2D eigenvalue weighted by Gasteiger charge is -2.14. The number of Topliss-reactive ketones (excluding diaryl/α,β-unsaturated/α-hetero) is 1. The van der Waals surface area contributed by atoms with Gasteiger partial charge in [0, 0.05) is 20.2 Å². The molecular weight excluding hydrogens is 366 g/mol. The van der Waals surface area contributed by atoms with Crippen LogP contribution in [0.5, 0.6) is 0 Å². The van der Waals surface area contributed by atoms with Gasteiger partial charge < -0.3 is 0 Å². The Morgan fingerprint density at radius 2 is 1.95 bits per heavy atom. The maximum atomic E-state index is 12.0. The molecule has 0 amide bonds. The zero-order valence-corrected chi connectivity index (χ0v) is 15.6. The standard InChI is InChI=1S/C16H18BrNOS2/c1-16(2,3)14-10-21-15(18-14)8-12(19)9-20-13-6-4-11(17)5-7-13/h4-7,10H,8-9H2,1-3H3. The molecule has 0 aliphatic carbocycles. The van der Waals surface area contributed by atoms with Crippen molar-refractivity contribution in [1.82, 2.24) is 4.98 Å². The van der Waals surface area contributed by atoms with E-state index in [-0.39, 0.29) is 11.2 Å². The van der Waals surface area contributed by atoms with Crippen molar-refractivity contribution in [2.45, 2.75) is 37.5 Å². The van der Waals surface area contributed by atoms with E-state index in [1.807, 2.05) is 24.3 Å². The van der Waals surface area contributed by atoms with Crippen LogP contribution in [-0.4, -0.2) is 16.5 Å². The number of hydrogen-bond donors (Lipinski definition) is 0. The Morgan fingerprint density at radius 3 is 2.52 bits per heavy atom. The molecule has 112 valence electrons. The summed E-state index contributed by atoms with van der Waals surface area (Å²) in [6, 6.07) is 8.01. The minimum absolute atomic E-state index is 0.0456. The second kappa shape index (κ2) is 7.07. The Hall–Kier alpha value is -0.650. The number of hydrogen-bond acceptors (Lipinski definition) is 4. The quantitative estimate of drug-likeness (QED) is 0.672. The van der Waals surface area contributed by atoms with Gasteiger partial charge in [-0.25, -0.2) is 4.98 Å². The van der Waals surface area contributed by atoms with Gasteiger partial charge >= 0.3 is 0 Å². The third-order valence-corrected chi connectivity index (χ3v) is 5.33. The minimum Gasteiger partial charge on any atom is -0.298 e. The van der Waals surface area contributed by atoms with Crippen molar-refractivity contribution in [2.24, 2.45) is 0 Å². The summed E-state index contributed by atoms with van der Waals surface area (Å²) >= 11 is 6.56. The van der Waals surface area contributed by atoms with Crippen molar-refractivity contribution >= 4 is 44.8 Å². The summed E-state index contributed by atoms with van der Waals surface area (Å²) in [5, 5.41) is 2.98. The molecule has 0 aliphatic heterocycles. The number of carbonyl (C=O) groups excluding carboxylic acids is 1. The number of thiazole rings is 1. The number of nitrogens with zero attached hydrogens (tertiary/aromatic N) is 1. The normalized spacial score (nSPS) is 11.6. The number of carbonyl (C=O) groups is 1. The van der Waals surface area contributed by atoms with Gasteiger partial charge in [0.05, 0.1) is 17.9 Å². The Kier molecular flexibility index (Phi) is 5.63. The molecule has 21 heavy (non-hydrogen) atoms. The summed E-state index contributed by atoms with van der Waals surface area (Å²) in [5.41, 5.74) is 1.11. The molecule has 2 aromatic rings. The molecule has 0 N–H and O–H groups in total. The predicted octanol–water partition coefficient (Wildman–Crippen LogP) is 5.11. The Morgan fingerprint density at radius 1 is 1.29 bits per heavy atom. The topological polar surface area (TPSA) is 30.0 Å². The fourth-order valence-corrected chi connectivity index (χ4v) is 3.72. The monoisotopic (exact) mass is 383 g/mol. The Balaban J connectivity index is 1.87. The number of thioether (sulfide) groups is 1. The fraction of sp³-hybridized carbons (Fsp3) is 0.375. The molecule has 0 bridgehead atoms. The van der Waals surface area contributed by atoms with Crippen molar-refractivity contribution < 1.29 is 4.79 Å². The predicted molar refractivity (Wildman–Crippen MR) is 94.4 cm³/mol. The highest BCUT2D eigenvalue weighted by Gasteiger charge is 2.18. The van der Waals surface area contributed by atoms with Crippen LogP contribution < -0.4 is 0 Å². The Bertz CT molecular complexity index is 614. The first-order valence-corrected chi connectivity index (χ1v) is 9.35. The van der Waals surface area contributed by atoms with Crippen LogP contribution in [-0.2, 0) is 16.6 Å². The van der Waals surface area contributed by atoms with Gasteiger partial charge in [-0.1, -0.05) is 36.7 Å². The molecule has 0 unspecified atom stereocenters. The van der Waals surface area contributed by atoms with Crippen LogP contribution in [0, 0.1) is 0 Å². The molecule has 0 atom stereocenters. The smallest absolute Gasteiger partial charge is 0.149 e. The molecule has 0 aliphatic rings. The molecule has 0 spiro atoms. The summed E-state index contributed by atoms with van der Waals surface area (Å²) in [6.45, 7) is 6.41. The highest BCUT2D eigenvalue weighted by atomic mass is 79.9. The molecule has 0 radical (unpaired) electrons. The van der Waals surface area contributed by atoms with Gasteiger partial charge in [-0.2, -0.15) is 0 Å². The van der Waals surface area contributed by atoms with Gasteiger partial charge in [-0.15, -0.1) is 23.1 Å². The van der Waals surface area contributed by atoms with Crippen LogP contribution in [0.2, 0.25) is 0 Å². The summed E-state index contributed by atoms with van der Waals surface area (Å²) in [4.78, 5) is 17.7. The molecule has 1 aromatic heterocycles. The molecule has 0 saturated heterocycles. The summed E-state index contributed by atoms with van der Waals surface area (Å²) in [7, 11) is 0. The molecule has 1 aromatic carbocycles. The van der Waals surface area contributed by atoms with Crippen molar-refractivity contribution in [3.05, 3.63) is 44.8 Å². The van der Waals surface area contributed by atoms with E-state index in [0.29, 0.717) is 12.2 Å². The van der Waals surface area contributed by atoms with Crippen molar-refractivity contribution in [1.29, 1.82) is 0 Å². The molecule has 5 heteroatoms. The maximum Gasteiger partial charge on any atom is 0.149 e. The van der Waals surface area contributed by atoms with Crippen LogP contribution in [0.25, 0.3) is 0 Å². The average molecular weight is 384 g/mol. The SMILES string of the molecule is CC(C)(C)c1csc(CC(=O)CSc2ccc(Br)cc2)n1. The second-order valence-corrected chi connectivity index (χ2v) is 8.74. The van der Waals surface area contributed by atoms with E-state index in [1.165, 1.54) is 0 Å². The van der Waals surface area contributed by atoms with E-state index in [4.69, 9.17) is 0 Å². The van der Waals surface area contributed by atoms with Crippen LogP contribution in [0.1, 0.15) is 31.5 Å². The van der Waals surface area contributed by atoms with E-state index in [2.05, 4.69) is 47.1 Å². The summed E-state index contributed by atoms with van der Waals surface area (Å²) in [6.07, 6.45) is 0.435. The summed E-state index contributed by atoms with van der Waals surface area (Å²) in [5.74, 6) is 0.712. The molecule has 0 fully saturated rings. The number of halogens is 1. The molecule has 1 heterocycles. The average Bonchev–Trinajstić information content (AvgIpc) is 2.86. The van der Waals surface area contributed by atoms with Gasteiger partial charge in [0.15, 0.2) is 0 Å². The van der Waals surface area contributed by atoms with Gasteiger partial charge in [0.2, 0.25) is 0 Å². The van der Waals surface area contributed by atoms with Gasteiger partial charge in [0.25, 0.3) is 0 Å². The molecular formula is C16H18BrNOS2. The minimum atomic E-state index is 0.0456. The first kappa shape index (κ1) is 16.7. The number of ketones is 1. The van der Waals surface area contributed by atoms with Crippen LogP contribution in [0.3, 0.4) is 0 Å².